The summed E-state index contributed by atoms with van der Waals surface area (Å²) in [6.07, 6.45) is 5.83. The number of hydrogen-bond acceptors (Lipinski definition) is 4. The number of piperidine rings is 1. The third kappa shape index (κ3) is 5.72. The van der Waals surface area contributed by atoms with Crippen molar-refractivity contribution in [1.82, 2.24) is 9.88 Å². The summed E-state index contributed by atoms with van der Waals surface area (Å²) in [5, 5.41) is 15.5. The molecule has 1 aliphatic heterocycles. The molecule has 1 aromatic carbocycles. The summed E-state index contributed by atoms with van der Waals surface area (Å²) in [5.74, 6) is -0.259. The van der Waals surface area contributed by atoms with Gasteiger partial charge in [-0.05, 0) is 60.9 Å². The maximum atomic E-state index is 12.4. The van der Waals surface area contributed by atoms with Gasteiger partial charge in [-0.1, -0.05) is 11.6 Å². The molecule has 7 nitrogen and oxygen atoms in total. The number of amides is 2. The molecule has 0 unspecified atom stereocenters. The number of nitrogens with one attached hydrogen (secondary N) is 2. The Bertz CT molecular complexity index is 845. The van der Waals surface area contributed by atoms with E-state index in [1.54, 1.807) is 35.4 Å². The Hall–Kier alpha value is -3.06. The van der Waals surface area contributed by atoms with E-state index in [0.29, 0.717) is 18.1 Å². The molecule has 0 bridgehead atoms. The van der Waals surface area contributed by atoms with Crippen molar-refractivity contribution in [2.45, 2.75) is 18.9 Å². The van der Waals surface area contributed by atoms with Crippen LogP contribution in [0.3, 0.4) is 0 Å². The Morgan fingerprint density at radius 1 is 1.14 bits per heavy atom. The summed E-state index contributed by atoms with van der Waals surface area (Å²) in [4.78, 5) is 29.0. The van der Waals surface area contributed by atoms with Crippen LogP contribution in [0.1, 0.15) is 18.4 Å². The molecule has 0 radical (unpaired) electrons. The number of carboxylic acid groups (broad SMARTS) is 1. The second kappa shape index (κ2) is 9.23. The molecule has 2 amide bonds. The third-order valence-corrected chi connectivity index (χ3v) is 4.69. The fourth-order valence-corrected chi connectivity index (χ4v) is 3.05. The van der Waals surface area contributed by atoms with Crippen molar-refractivity contribution in [3.05, 3.63) is 59.3 Å². The van der Waals surface area contributed by atoms with Crippen LogP contribution in [0.2, 0.25) is 5.02 Å². The lowest BCUT2D eigenvalue weighted by Gasteiger charge is -2.32. The zero-order chi connectivity index (χ0) is 19.9. The van der Waals surface area contributed by atoms with Crippen molar-refractivity contribution in [3.8, 4) is 0 Å². The maximum Gasteiger partial charge on any atom is 0.328 e. The standard InChI is InChI=1S/C20H21ClN4O3/c21-15-3-5-16(6-4-15)24-20(28)25-11-9-17(10-12-25)23-18-7-1-14(13-22-18)2-8-19(26)27/h1-8,13,17H,9-12H2,(H,22,23)(H,24,28)(H,26,27). The largest absolute Gasteiger partial charge is 0.478 e. The number of nitrogens with zero attached hydrogens (tertiary/aromatic N) is 2. The molecule has 2 aromatic rings. The van der Waals surface area contributed by atoms with Crippen LogP contribution in [0.4, 0.5) is 16.3 Å². The summed E-state index contributed by atoms with van der Waals surface area (Å²) in [6, 6.07) is 10.8. The van der Waals surface area contributed by atoms with Gasteiger partial charge in [0.25, 0.3) is 0 Å². The van der Waals surface area contributed by atoms with E-state index in [1.165, 1.54) is 6.08 Å². The predicted molar refractivity (Wildman–Crippen MR) is 110 cm³/mol. The Labute approximate surface area is 168 Å². The van der Waals surface area contributed by atoms with Gasteiger partial charge < -0.3 is 20.6 Å². The fourth-order valence-electron chi connectivity index (χ4n) is 2.93. The number of anilines is 2. The highest BCUT2D eigenvalue weighted by molar-refractivity contribution is 6.30. The SMILES string of the molecule is O=C(O)C=Cc1ccc(NC2CCN(C(=O)Nc3ccc(Cl)cc3)CC2)nc1. The molecule has 146 valence electrons. The zero-order valence-electron chi connectivity index (χ0n) is 15.1. The highest BCUT2D eigenvalue weighted by Crippen LogP contribution is 2.18. The van der Waals surface area contributed by atoms with Crippen LogP contribution >= 0.6 is 11.6 Å². The van der Waals surface area contributed by atoms with Crippen LogP contribution in [0, 0.1) is 0 Å². The van der Waals surface area contributed by atoms with E-state index in [1.807, 2.05) is 12.1 Å². The van der Waals surface area contributed by atoms with Crippen molar-refractivity contribution in [1.29, 1.82) is 0 Å². The quantitative estimate of drug-likeness (QED) is 0.661. The minimum absolute atomic E-state index is 0.117. The minimum Gasteiger partial charge on any atom is -0.478 e. The van der Waals surface area contributed by atoms with Crippen molar-refractivity contribution < 1.29 is 14.7 Å². The molecule has 3 rings (SSSR count). The van der Waals surface area contributed by atoms with Crippen molar-refractivity contribution >= 4 is 41.2 Å². The van der Waals surface area contributed by atoms with Gasteiger partial charge in [0.2, 0.25) is 0 Å². The topological polar surface area (TPSA) is 94.6 Å². The van der Waals surface area contributed by atoms with Gasteiger partial charge in [0.05, 0.1) is 0 Å². The molecule has 1 fully saturated rings. The lowest BCUT2D eigenvalue weighted by atomic mass is 10.1. The molecule has 1 aliphatic rings. The Morgan fingerprint density at radius 2 is 1.86 bits per heavy atom. The Kier molecular flexibility index (Phi) is 6.49. The van der Waals surface area contributed by atoms with E-state index < -0.39 is 5.97 Å². The van der Waals surface area contributed by atoms with Crippen LogP contribution in [0.5, 0.6) is 0 Å². The number of hydrogen-bond donors (Lipinski definition) is 3. The number of benzene rings is 1. The van der Waals surface area contributed by atoms with Crippen LogP contribution in [0.25, 0.3) is 6.08 Å². The molecule has 1 saturated heterocycles. The smallest absolute Gasteiger partial charge is 0.328 e. The molecule has 3 N–H and O–H groups in total. The van der Waals surface area contributed by atoms with Gasteiger partial charge in [-0.15, -0.1) is 0 Å². The molecular weight excluding hydrogens is 380 g/mol. The number of carboxylic acids is 1. The molecule has 0 saturated carbocycles. The molecule has 0 atom stereocenters. The number of halogens is 1. The molecule has 28 heavy (non-hydrogen) atoms. The first-order valence-electron chi connectivity index (χ1n) is 8.95. The molecule has 0 aliphatic carbocycles. The molecular formula is C20H21ClN4O3. The summed E-state index contributed by atoms with van der Waals surface area (Å²) < 4.78 is 0. The number of urea groups is 1. The molecule has 1 aromatic heterocycles. The Balaban J connectivity index is 1.46. The summed E-state index contributed by atoms with van der Waals surface area (Å²) in [6.45, 7) is 1.30. The van der Waals surface area contributed by atoms with Gasteiger partial charge in [-0.25, -0.2) is 14.6 Å². The van der Waals surface area contributed by atoms with E-state index in [2.05, 4.69) is 15.6 Å². The number of rotatable bonds is 5. The number of carbonyl (C=O) groups is 2. The summed E-state index contributed by atoms with van der Waals surface area (Å²) >= 11 is 5.85. The zero-order valence-corrected chi connectivity index (χ0v) is 15.9. The first-order valence-corrected chi connectivity index (χ1v) is 9.32. The van der Waals surface area contributed by atoms with Crippen molar-refractivity contribution in [2.75, 3.05) is 23.7 Å². The maximum absolute atomic E-state index is 12.4. The number of aromatic nitrogens is 1. The second-order valence-electron chi connectivity index (χ2n) is 6.49. The fraction of sp³-hybridized carbons (Fsp3) is 0.250. The highest BCUT2D eigenvalue weighted by atomic mass is 35.5. The number of likely N-dealkylation sites (tertiary alicyclic amines) is 1. The number of pyridine rings is 1. The van der Waals surface area contributed by atoms with Crippen LogP contribution in [-0.2, 0) is 4.79 Å². The van der Waals surface area contributed by atoms with Gasteiger partial charge in [-0.2, -0.15) is 0 Å². The third-order valence-electron chi connectivity index (χ3n) is 4.43. The second-order valence-corrected chi connectivity index (χ2v) is 6.93. The van der Waals surface area contributed by atoms with Crippen molar-refractivity contribution in [3.63, 3.8) is 0 Å². The number of carbonyl (C=O) groups excluding carboxylic acids is 1. The lowest BCUT2D eigenvalue weighted by Crippen LogP contribution is -2.44. The summed E-state index contributed by atoms with van der Waals surface area (Å²) in [5.41, 5.74) is 1.44. The average molecular weight is 401 g/mol. The van der Waals surface area contributed by atoms with Gasteiger partial charge in [-0.3, -0.25) is 0 Å². The van der Waals surface area contributed by atoms with Gasteiger partial charge >= 0.3 is 12.0 Å². The van der Waals surface area contributed by atoms with Gasteiger partial charge in [0.1, 0.15) is 5.82 Å². The normalized spacial score (nSPS) is 14.8. The lowest BCUT2D eigenvalue weighted by molar-refractivity contribution is -0.131. The van der Waals surface area contributed by atoms with E-state index in [4.69, 9.17) is 16.7 Å². The first-order chi connectivity index (χ1) is 13.5. The average Bonchev–Trinajstić information content (AvgIpc) is 2.69. The van der Waals surface area contributed by atoms with Crippen molar-refractivity contribution in [2.24, 2.45) is 0 Å². The number of aliphatic carboxylic acids is 1. The summed E-state index contributed by atoms with van der Waals surface area (Å²) in [7, 11) is 0. The minimum atomic E-state index is -0.992. The van der Waals surface area contributed by atoms with Gasteiger partial charge in [0, 0.05) is 42.1 Å². The van der Waals surface area contributed by atoms with Gasteiger partial charge in [0.15, 0.2) is 0 Å². The van der Waals surface area contributed by atoms with E-state index in [-0.39, 0.29) is 12.1 Å². The van der Waals surface area contributed by atoms with Crippen LogP contribution in [-0.4, -0.2) is 46.1 Å². The highest BCUT2D eigenvalue weighted by Gasteiger charge is 2.23. The van der Waals surface area contributed by atoms with E-state index in [9.17, 15) is 9.59 Å². The van der Waals surface area contributed by atoms with Crippen LogP contribution in [0.15, 0.2) is 48.7 Å². The Morgan fingerprint density at radius 3 is 2.46 bits per heavy atom. The van der Waals surface area contributed by atoms with E-state index in [0.717, 1.165) is 36.0 Å². The molecule has 2 heterocycles. The monoisotopic (exact) mass is 400 g/mol. The van der Waals surface area contributed by atoms with Crippen LogP contribution < -0.4 is 10.6 Å². The van der Waals surface area contributed by atoms with E-state index >= 15 is 0 Å². The predicted octanol–water partition coefficient (Wildman–Crippen LogP) is 3.94. The molecule has 8 heteroatoms. The molecule has 0 spiro atoms. The first kappa shape index (κ1) is 19.7.